The van der Waals surface area contributed by atoms with E-state index in [0.717, 1.165) is 5.56 Å². The van der Waals surface area contributed by atoms with Gasteiger partial charge in [-0.15, -0.1) is 0 Å². The van der Waals surface area contributed by atoms with Crippen LogP contribution >= 0.6 is 0 Å². The van der Waals surface area contributed by atoms with E-state index in [0.29, 0.717) is 5.69 Å². The summed E-state index contributed by atoms with van der Waals surface area (Å²) in [6.45, 7) is 1.50. The zero-order chi connectivity index (χ0) is 14.6. The van der Waals surface area contributed by atoms with Gasteiger partial charge in [-0.05, 0) is 31.0 Å². The van der Waals surface area contributed by atoms with Crippen molar-refractivity contribution in [2.75, 3.05) is 5.73 Å². The lowest BCUT2D eigenvalue weighted by atomic mass is 10.1. The maximum atomic E-state index is 12.0. The number of carbonyl (C=O) groups excluding carboxylic acids is 2. The number of benzene rings is 1. The average molecular weight is 274 g/mol. The lowest BCUT2D eigenvalue weighted by Gasteiger charge is -2.14. The van der Waals surface area contributed by atoms with Crippen molar-refractivity contribution >= 4 is 17.4 Å². The molecule has 0 saturated heterocycles. The smallest absolute Gasteiger partial charge is 0.399 e. The molecule has 0 heterocycles. The van der Waals surface area contributed by atoms with Gasteiger partial charge in [-0.2, -0.15) is 13.2 Å². The van der Waals surface area contributed by atoms with Crippen molar-refractivity contribution in [1.29, 1.82) is 0 Å². The van der Waals surface area contributed by atoms with Gasteiger partial charge >= 0.3 is 12.0 Å². The Morgan fingerprint density at radius 1 is 1.37 bits per heavy atom. The highest BCUT2D eigenvalue weighted by atomic mass is 19.4. The van der Waals surface area contributed by atoms with Crippen LogP contribution in [0.3, 0.4) is 0 Å². The third-order valence-corrected chi connectivity index (χ3v) is 2.33. The van der Waals surface area contributed by atoms with Gasteiger partial charge < -0.3 is 11.1 Å². The van der Waals surface area contributed by atoms with Crippen LogP contribution in [0.25, 0.3) is 0 Å². The third kappa shape index (κ3) is 4.61. The lowest BCUT2D eigenvalue weighted by Crippen LogP contribution is -2.44. The quantitative estimate of drug-likeness (QED) is 0.644. The fourth-order valence-electron chi connectivity index (χ4n) is 1.54. The summed E-state index contributed by atoms with van der Waals surface area (Å²) in [5.41, 5.74) is 6.82. The molecule has 0 aliphatic rings. The van der Waals surface area contributed by atoms with Crippen molar-refractivity contribution in [1.82, 2.24) is 5.32 Å². The van der Waals surface area contributed by atoms with Gasteiger partial charge in [0, 0.05) is 11.7 Å². The molecule has 1 amide bonds. The van der Waals surface area contributed by atoms with E-state index in [2.05, 4.69) is 0 Å². The molecule has 0 unspecified atom stereocenters. The Labute approximate surface area is 107 Å². The largest absolute Gasteiger partial charge is 0.460 e. The predicted molar refractivity (Wildman–Crippen MR) is 63.2 cm³/mol. The number of hydrogen-bond donors (Lipinski definition) is 2. The van der Waals surface area contributed by atoms with Crippen molar-refractivity contribution < 1.29 is 22.8 Å². The minimum absolute atomic E-state index is 0.280. The van der Waals surface area contributed by atoms with Gasteiger partial charge in [0.1, 0.15) is 0 Å². The topological polar surface area (TPSA) is 72.2 Å². The molecule has 1 aromatic carbocycles. The number of rotatable bonds is 4. The van der Waals surface area contributed by atoms with Crippen molar-refractivity contribution in [2.45, 2.75) is 25.6 Å². The van der Waals surface area contributed by atoms with Crippen LogP contribution in [0.1, 0.15) is 12.5 Å². The van der Waals surface area contributed by atoms with Crippen LogP contribution in [-0.4, -0.2) is 23.9 Å². The molecule has 4 nitrogen and oxygen atoms in total. The molecule has 1 aromatic rings. The SMILES string of the molecule is C[C@@H](Cc1cccc(N)c1)NC(=O)C(=O)C(F)(F)F. The average Bonchev–Trinajstić information content (AvgIpc) is 2.26. The van der Waals surface area contributed by atoms with Crippen LogP contribution in [0.15, 0.2) is 24.3 Å². The van der Waals surface area contributed by atoms with Crippen LogP contribution in [-0.2, 0) is 16.0 Å². The van der Waals surface area contributed by atoms with E-state index in [1.54, 1.807) is 24.3 Å². The summed E-state index contributed by atoms with van der Waals surface area (Å²) in [7, 11) is 0. The van der Waals surface area contributed by atoms with Gasteiger partial charge in [0.05, 0.1) is 0 Å². The standard InChI is InChI=1S/C12H13F3N2O2/c1-7(5-8-3-2-4-9(16)6-8)17-11(19)10(18)12(13,14)15/h2-4,6-7H,5,16H2,1H3,(H,17,19)/t7-/m0/s1. The first-order valence-corrected chi connectivity index (χ1v) is 5.46. The van der Waals surface area contributed by atoms with Crippen LogP contribution in [0.2, 0.25) is 0 Å². The number of nitrogens with two attached hydrogens (primary N) is 1. The third-order valence-electron chi connectivity index (χ3n) is 2.33. The summed E-state index contributed by atoms with van der Waals surface area (Å²) < 4.78 is 36.0. The maximum absolute atomic E-state index is 12.0. The molecule has 0 fully saturated rings. The Morgan fingerprint density at radius 2 is 2.00 bits per heavy atom. The zero-order valence-electron chi connectivity index (χ0n) is 10.1. The number of nitrogens with one attached hydrogen (secondary N) is 1. The number of hydrogen-bond acceptors (Lipinski definition) is 3. The van der Waals surface area contributed by atoms with E-state index in [1.165, 1.54) is 6.92 Å². The van der Waals surface area contributed by atoms with Crippen LogP contribution in [0, 0.1) is 0 Å². The van der Waals surface area contributed by atoms with Crippen molar-refractivity contribution in [3.63, 3.8) is 0 Å². The summed E-state index contributed by atoms with van der Waals surface area (Å²) in [6.07, 6.45) is -4.87. The highest BCUT2D eigenvalue weighted by Crippen LogP contribution is 2.16. The molecule has 7 heteroatoms. The Balaban J connectivity index is 2.59. The van der Waals surface area contributed by atoms with Gasteiger partial charge in [0.2, 0.25) is 0 Å². The summed E-state index contributed by atoms with van der Waals surface area (Å²) in [5, 5.41) is 2.00. The van der Waals surface area contributed by atoms with Gasteiger partial charge in [0.15, 0.2) is 0 Å². The molecule has 0 aliphatic carbocycles. The maximum Gasteiger partial charge on any atom is 0.460 e. The minimum atomic E-state index is -5.15. The number of amides is 1. The molecule has 0 radical (unpaired) electrons. The van der Waals surface area contributed by atoms with Gasteiger partial charge in [-0.3, -0.25) is 9.59 Å². The fraction of sp³-hybridized carbons (Fsp3) is 0.333. The highest BCUT2D eigenvalue weighted by Gasteiger charge is 2.43. The summed E-state index contributed by atoms with van der Waals surface area (Å²) in [5.74, 6) is -4.05. The Kier molecular flexibility index (Phi) is 4.52. The Morgan fingerprint density at radius 3 is 2.53 bits per heavy atom. The summed E-state index contributed by atoms with van der Waals surface area (Å²) in [6, 6.07) is 6.12. The number of alkyl halides is 3. The first-order chi connectivity index (χ1) is 8.70. The molecule has 0 bridgehead atoms. The number of Topliss-reactive ketones (excluding diaryl/α,β-unsaturated/α-hetero) is 1. The Bertz CT molecular complexity index is 486. The van der Waals surface area contributed by atoms with Crippen LogP contribution in [0.5, 0.6) is 0 Å². The summed E-state index contributed by atoms with van der Waals surface area (Å²) >= 11 is 0. The molecule has 104 valence electrons. The Hall–Kier alpha value is -2.05. The van der Waals surface area contributed by atoms with Crippen LogP contribution < -0.4 is 11.1 Å². The number of anilines is 1. The number of halogens is 3. The second-order valence-electron chi connectivity index (χ2n) is 4.15. The molecule has 0 aromatic heterocycles. The van der Waals surface area contributed by atoms with E-state index in [-0.39, 0.29) is 6.42 Å². The predicted octanol–water partition coefficient (Wildman–Crippen LogP) is 1.45. The molecule has 3 N–H and O–H groups in total. The first-order valence-electron chi connectivity index (χ1n) is 5.46. The van der Waals surface area contributed by atoms with E-state index in [1.807, 2.05) is 5.32 Å². The number of ketones is 1. The molecule has 0 saturated carbocycles. The van der Waals surface area contributed by atoms with Gasteiger partial charge in [-0.1, -0.05) is 12.1 Å². The lowest BCUT2D eigenvalue weighted by molar-refractivity contribution is -0.175. The van der Waals surface area contributed by atoms with Gasteiger partial charge in [0.25, 0.3) is 5.91 Å². The molecule has 19 heavy (non-hydrogen) atoms. The molecule has 1 atom stereocenters. The molecule has 0 spiro atoms. The normalized spacial score (nSPS) is 12.8. The summed E-state index contributed by atoms with van der Waals surface area (Å²) in [4.78, 5) is 21.7. The van der Waals surface area contributed by atoms with E-state index < -0.39 is 23.9 Å². The highest BCUT2D eigenvalue weighted by molar-refractivity contribution is 6.38. The van der Waals surface area contributed by atoms with Crippen molar-refractivity contribution in [2.24, 2.45) is 0 Å². The molecule has 0 aliphatic heterocycles. The number of nitrogen functional groups attached to an aromatic ring is 1. The second kappa shape index (κ2) is 5.73. The fourth-order valence-corrected chi connectivity index (χ4v) is 1.54. The molecular formula is C12H13F3N2O2. The zero-order valence-corrected chi connectivity index (χ0v) is 10.1. The van der Waals surface area contributed by atoms with Crippen molar-refractivity contribution in [3.05, 3.63) is 29.8 Å². The van der Waals surface area contributed by atoms with Crippen molar-refractivity contribution in [3.8, 4) is 0 Å². The first kappa shape index (κ1) is 15.0. The van der Waals surface area contributed by atoms with Gasteiger partial charge in [-0.25, -0.2) is 0 Å². The van der Waals surface area contributed by atoms with E-state index >= 15 is 0 Å². The minimum Gasteiger partial charge on any atom is -0.399 e. The number of carbonyl (C=O) groups is 2. The monoisotopic (exact) mass is 274 g/mol. The van der Waals surface area contributed by atoms with E-state index in [9.17, 15) is 22.8 Å². The molecular weight excluding hydrogens is 261 g/mol. The van der Waals surface area contributed by atoms with Crippen LogP contribution in [0.4, 0.5) is 18.9 Å². The second-order valence-corrected chi connectivity index (χ2v) is 4.15. The van der Waals surface area contributed by atoms with E-state index in [4.69, 9.17) is 5.73 Å². The molecule has 1 rings (SSSR count).